The molecule has 6 nitrogen and oxygen atoms in total. The van der Waals surface area contributed by atoms with Crippen LogP contribution in [0.1, 0.15) is 104 Å². The quantitative estimate of drug-likeness (QED) is 0.133. The maximum absolute atomic E-state index is 14.9. The van der Waals surface area contributed by atoms with Crippen LogP contribution in [0, 0.1) is 23.2 Å². The second-order valence-corrected chi connectivity index (χ2v) is 12.0. The Morgan fingerprint density at radius 2 is 2.00 bits per heavy atom. The van der Waals surface area contributed by atoms with Crippen molar-refractivity contribution in [3.05, 3.63) is 52.1 Å². The summed E-state index contributed by atoms with van der Waals surface area (Å²) in [5.41, 5.74) is -0.594. The summed E-state index contributed by atoms with van der Waals surface area (Å²) in [6.45, 7) is 7.31. The van der Waals surface area contributed by atoms with E-state index in [4.69, 9.17) is 5.41 Å². The summed E-state index contributed by atoms with van der Waals surface area (Å²) in [6.07, 6.45) is 7.40. The van der Waals surface area contributed by atoms with E-state index in [9.17, 15) is 13.6 Å². The maximum atomic E-state index is 14.9. The Morgan fingerprint density at radius 1 is 1.22 bits per heavy atom. The first-order valence-electron chi connectivity index (χ1n) is 14.8. The number of anilines is 2. The average molecular weight is 582 g/mol. The third-order valence-electron chi connectivity index (χ3n) is 7.84. The molecule has 220 valence electrons. The van der Waals surface area contributed by atoms with Gasteiger partial charge in [0.1, 0.15) is 11.6 Å². The lowest BCUT2D eigenvalue weighted by Gasteiger charge is -2.28. The van der Waals surface area contributed by atoms with Gasteiger partial charge in [-0.15, -0.1) is 5.92 Å². The average Bonchev–Trinajstić information content (AvgIpc) is 3.22. The zero-order chi connectivity index (χ0) is 29.6. The fourth-order valence-corrected chi connectivity index (χ4v) is 5.53. The van der Waals surface area contributed by atoms with Gasteiger partial charge in [0, 0.05) is 35.7 Å². The van der Waals surface area contributed by atoms with Gasteiger partial charge >= 0.3 is 0 Å². The number of aromatic nitrogens is 1. The minimum absolute atomic E-state index is 0.0102. The number of fused-ring (bicyclic) bond motifs is 1. The Kier molecular flexibility index (Phi) is 10.5. The predicted molar refractivity (Wildman–Crippen MR) is 166 cm³/mol. The van der Waals surface area contributed by atoms with E-state index >= 15 is 0 Å². The number of benzene rings is 1. The van der Waals surface area contributed by atoms with Crippen LogP contribution in [0.3, 0.4) is 0 Å². The molecule has 41 heavy (non-hydrogen) atoms. The number of amides is 1. The van der Waals surface area contributed by atoms with Crippen molar-refractivity contribution in [1.29, 1.82) is 5.41 Å². The number of hydrogen-bond donors (Lipinski definition) is 3. The second-order valence-electron chi connectivity index (χ2n) is 11.2. The van der Waals surface area contributed by atoms with Crippen LogP contribution >= 0.6 is 9.24 Å². The molecule has 0 bridgehead atoms. The highest BCUT2D eigenvalue weighted by Gasteiger charge is 2.38. The lowest BCUT2D eigenvalue weighted by molar-refractivity contribution is 0.0996. The van der Waals surface area contributed by atoms with Crippen molar-refractivity contribution in [3.8, 4) is 11.8 Å². The summed E-state index contributed by atoms with van der Waals surface area (Å²) in [7, 11) is 1.64. The van der Waals surface area contributed by atoms with E-state index in [0.29, 0.717) is 59.3 Å². The summed E-state index contributed by atoms with van der Waals surface area (Å²) in [5.74, 6) is 7.39. The molecule has 4 rings (SSSR count). The van der Waals surface area contributed by atoms with Crippen molar-refractivity contribution in [2.24, 2.45) is 5.92 Å². The number of carbonyl (C=O) groups excluding carboxylic acids is 1. The topological polar surface area (TPSA) is 81.1 Å². The number of carbonyl (C=O) groups is 1. The summed E-state index contributed by atoms with van der Waals surface area (Å²) in [6, 6.07) is 6.81. The lowest BCUT2D eigenvalue weighted by Crippen LogP contribution is -2.29. The van der Waals surface area contributed by atoms with Gasteiger partial charge in [0.2, 0.25) is 0 Å². The number of halogens is 2. The predicted octanol–water partition coefficient (Wildman–Crippen LogP) is 7.19. The largest absolute Gasteiger partial charge is 0.359 e. The first-order valence-corrected chi connectivity index (χ1v) is 15.3. The minimum atomic E-state index is -3.18. The summed E-state index contributed by atoms with van der Waals surface area (Å²) >= 11 is 0. The Morgan fingerprint density at radius 3 is 2.66 bits per heavy atom. The molecule has 1 aromatic heterocycles. The lowest BCUT2D eigenvalue weighted by atomic mass is 9.85. The summed E-state index contributed by atoms with van der Waals surface area (Å²) in [4.78, 5) is 19.9. The molecule has 3 N–H and O–H groups in total. The van der Waals surface area contributed by atoms with Crippen LogP contribution in [0.4, 0.5) is 20.4 Å². The number of alkyl halides is 2. The molecule has 0 saturated heterocycles. The van der Waals surface area contributed by atoms with E-state index in [2.05, 4.69) is 34.4 Å². The molecular formula is C32H42F2N5OP. The molecule has 2 aromatic rings. The molecule has 0 spiro atoms. The van der Waals surface area contributed by atoms with Gasteiger partial charge in [0.25, 0.3) is 11.6 Å². The van der Waals surface area contributed by atoms with Crippen molar-refractivity contribution in [1.82, 2.24) is 10.3 Å². The third-order valence-corrected chi connectivity index (χ3v) is 8.15. The van der Waals surface area contributed by atoms with Gasteiger partial charge in [0.15, 0.2) is 0 Å². The van der Waals surface area contributed by atoms with E-state index in [0.717, 1.165) is 31.4 Å². The zero-order valence-electron chi connectivity index (χ0n) is 24.4. The fraction of sp³-hybridized carbons (Fsp3) is 0.531. The number of pyridine rings is 1. The monoisotopic (exact) mass is 581 g/mol. The van der Waals surface area contributed by atoms with Crippen LogP contribution in [0.25, 0.3) is 0 Å². The van der Waals surface area contributed by atoms with E-state index in [1.807, 2.05) is 19.9 Å². The Hall–Kier alpha value is -2.88. The number of nitrogens with one attached hydrogen (secondary N) is 3. The van der Waals surface area contributed by atoms with Crippen molar-refractivity contribution < 1.29 is 13.6 Å². The van der Waals surface area contributed by atoms with Crippen LogP contribution in [-0.4, -0.2) is 29.7 Å². The van der Waals surface area contributed by atoms with Crippen molar-refractivity contribution in [2.45, 2.75) is 90.4 Å². The van der Waals surface area contributed by atoms with Crippen LogP contribution in [0.15, 0.2) is 24.3 Å². The normalized spacial score (nSPS) is 15.7. The van der Waals surface area contributed by atoms with Crippen LogP contribution in [-0.2, 0) is 18.6 Å². The number of rotatable bonds is 13. The molecule has 1 aromatic carbocycles. The second kappa shape index (κ2) is 13.9. The molecule has 1 amide bonds. The maximum Gasteiger partial charge on any atom is 0.284 e. The number of nitrogens with zero attached hydrogens (tertiary/aromatic N) is 2. The highest BCUT2D eigenvalue weighted by Crippen LogP contribution is 2.43. The molecule has 1 aliphatic heterocycles. The minimum Gasteiger partial charge on any atom is -0.359 e. The zero-order valence-corrected chi connectivity index (χ0v) is 25.5. The van der Waals surface area contributed by atoms with Crippen molar-refractivity contribution in [3.63, 3.8) is 0 Å². The van der Waals surface area contributed by atoms with Crippen LogP contribution < -0.4 is 15.5 Å². The molecule has 1 aliphatic carbocycles. The van der Waals surface area contributed by atoms with Gasteiger partial charge in [-0.2, -0.15) is 8.78 Å². The van der Waals surface area contributed by atoms with Crippen molar-refractivity contribution >= 4 is 32.5 Å². The van der Waals surface area contributed by atoms with Gasteiger partial charge in [0.05, 0.1) is 13.1 Å². The Bertz CT molecular complexity index is 1330. The van der Waals surface area contributed by atoms with E-state index < -0.39 is 5.66 Å². The van der Waals surface area contributed by atoms with E-state index in [1.165, 1.54) is 24.2 Å². The van der Waals surface area contributed by atoms with Gasteiger partial charge in [-0.05, 0) is 86.0 Å². The Labute approximate surface area is 245 Å². The highest BCUT2D eigenvalue weighted by atomic mass is 31.0. The highest BCUT2D eigenvalue weighted by molar-refractivity contribution is 7.17. The molecule has 2 unspecified atom stereocenters. The van der Waals surface area contributed by atoms with Gasteiger partial charge in [-0.3, -0.25) is 9.69 Å². The standard InChI is InChI=1S/C32H42F2N5OP/c1-4-6-7-8-13-36-29-15-23(14-25(35)10-5-2)16-30(38-29)39-20-27-26(31(39)40)17-24(18-28(27)32(33,34)41)21(3)37-19-22-11-9-12-22/h15-18,21-22,35,37H,4-6,9-14,19-20,41H2,1-3H3,(H,36,38). The SMILES string of the molecule is CCCC#CCNc1cc(CC(=N)CCC)cc(N2Cc3c(cc(C(C)NCC4CCC4)cc3C(F)(F)P)C2=O)n1. The molecule has 9 heteroatoms. The van der Waals surface area contributed by atoms with Crippen LogP contribution in [0.2, 0.25) is 0 Å². The van der Waals surface area contributed by atoms with Gasteiger partial charge in [-0.1, -0.05) is 41.8 Å². The molecular weight excluding hydrogens is 539 g/mol. The first kappa shape index (κ1) is 31.1. The van der Waals surface area contributed by atoms with Crippen LogP contribution in [0.5, 0.6) is 0 Å². The van der Waals surface area contributed by atoms with Gasteiger partial charge < -0.3 is 16.0 Å². The van der Waals surface area contributed by atoms with E-state index in [1.54, 1.807) is 27.4 Å². The molecule has 2 heterocycles. The summed E-state index contributed by atoms with van der Waals surface area (Å²) in [5, 5.41) is 15.0. The number of unbranched alkanes of at least 4 members (excludes halogenated alkanes) is 1. The molecule has 1 saturated carbocycles. The smallest absolute Gasteiger partial charge is 0.284 e. The molecule has 0 radical (unpaired) electrons. The summed E-state index contributed by atoms with van der Waals surface area (Å²) < 4.78 is 29.8. The molecule has 2 atom stereocenters. The van der Waals surface area contributed by atoms with Crippen molar-refractivity contribution in [2.75, 3.05) is 23.3 Å². The molecule has 2 aliphatic rings. The Balaban J connectivity index is 1.65. The fourth-order valence-electron chi connectivity index (χ4n) is 5.27. The van der Waals surface area contributed by atoms with Gasteiger partial charge in [-0.25, -0.2) is 4.98 Å². The first-order chi connectivity index (χ1) is 19.6. The third kappa shape index (κ3) is 7.90. The van der Waals surface area contributed by atoms with E-state index in [-0.39, 0.29) is 24.1 Å². The number of hydrogen-bond acceptors (Lipinski definition) is 5. The molecule has 1 fully saturated rings.